The number of hydrogen-bond acceptors (Lipinski definition) is 4. The van der Waals surface area contributed by atoms with Crippen LogP contribution < -0.4 is 14.8 Å². The van der Waals surface area contributed by atoms with Gasteiger partial charge in [0.25, 0.3) is 0 Å². The van der Waals surface area contributed by atoms with E-state index in [1.807, 2.05) is 36.6 Å². The zero-order chi connectivity index (χ0) is 13.7. The molecule has 1 N–H and O–H groups in total. The summed E-state index contributed by atoms with van der Waals surface area (Å²) in [5.74, 6) is 1.49. The van der Waals surface area contributed by atoms with Crippen molar-refractivity contribution in [3.63, 3.8) is 0 Å². The Balaban J connectivity index is 2.04. The normalized spacial score (nSPS) is 10.3. The fraction of sp³-hybridized carbons (Fsp3) is 0.286. The van der Waals surface area contributed by atoms with Crippen molar-refractivity contribution in [3.8, 4) is 11.5 Å². The summed E-state index contributed by atoms with van der Waals surface area (Å²) in [7, 11) is 1.64. The summed E-state index contributed by atoms with van der Waals surface area (Å²) in [5, 5.41) is 6.05. The predicted octanol–water partition coefficient (Wildman–Crippen LogP) is 4.42. The van der Waals surface area contributed by atoms with Gasteiger partial charge in [-0.25, -0.2) is 0 Å². The van der Waals surface area contributed by atoms with Gasteiger partial charge in [-0.2, -0.15) is 0 Å². The molecule has 2 rings (SSSR count). The molecule has 3 nitrogen and oxygen atoms in total. The van der Waals surface area contributed by atoms with E-state index in [9.17, 15) is 0 Å². The molecule has 0 aliphatic rings. The third kappa shape index (κ3) is 3.78. The Morgan fingerprint density at radius 3 is 2.74 bits per heavy atom. The number of rotatable bonds is 6. The first-order chi connectivity index (χ1) is 9.22. The third-order valence-electron chi connectivity index (χ3n) is 2.55. The van der Waals surface area contributed by atoms with E-state index in [0.29, 0.717) is 6.61 Å². The summed E-state index contributed by atoms with van der Waals surface area (Å²) in [6.07, 6.45) is 0. The Hall–Kier alpha value is -1.39. The molecule has 1 aromatic carbocycles. The van der Waals surface area contributed by atoms with E-state index >= 15 is 0 Å². The van der Waals surface area contributed by atoms with Crippen molar-refractivity contribution in [1.29, 1.82) is 0 Å². The van der Waals surface area contributed by atoms with E-state index in [1.165, 1.54) is 4.88 Å². The van der Waals surface area contributed by atoms with Gasteiger partial charge in [-0.05, 0) is 25.1 Å². The number of benzene rings is 1. The van der Waals surface area contributed by atoms with Gasteiger partial charge in [0.15, 0.2) is 11.5 Å². The highest BCUT2D eigenvalue weighted by Crippen LogP contribution is 2.30. The van der Waals surface area contributed by atoms with E-state index in [-0.39, 0.29) is 0 Å². The maximum absolute atomic E-state index is 5.89. The van der Waals surface area contributed by atoms with Crippen molar-refractivity contribution < 1.29 is 9.47 Å². The second kappa shape index (κ2) is 6.68. The largest absolute Gasteiger partial charge is 0.493 e. The molecule has 0 saturated heterocycles. The molecular formula is C14H16ClNO2S. The van der Waals surface area contributed by atoms with Crippen LogP contribution in [-0.2, 0) is 6.54 Å². The first-order valence-corrected chi connectivity index (χ1v) is 7.26. The number of anilines is 1. The van der Waals surface area contributed by atoms with Crippen molar-refractivity contribution >= 4 is 28.6 Å². The summed E-state index contributed by atoms with van der Waals surface area (Å²) in [6.45, 7) is 3.32. The Morgan fingerprint density at radius 2 is 2.11 bits per heavy atom. The average molecular weight is 298 g/mol. The van der Waals surface area contributed by atoms with Crippen LogP contribution in [0.1, 0.15) is 11.8 Å². The molecular weight excluding hydrogens is 282 g/mol. The van der Waals surface area contributed by atoms with Gasteiger partial charge in [0.05, 0.1) is 18.7 Å². The number of halogens is 1. The minimum atomic E-state index is 0.622. The monoisotopic (exact) mass is 297 g/mol. The van der Waals surface area contributed by atoms with Gasteiger partial charge in [-0.1, -0.05) is 11.6 Å². The summed E-state index contributed by atoms with van der Waals surface area (Å²) in [5.41, 5.74) is 0.991. The fourth-order valence-corrected chi connectivity index (χ4v) is 2.70. The zero-order valence-electron chi connectivity index (χ0n) is 10.9. The number of nitrogens with one attached hydrogen (secondary N) is 1. The van der Waals surface area contributed by atoms with Crippen LogP contribution in [0.25, 0.3) is 0 Å². The van der Waals surface area contributed by atoms with Crippen LogP contribution in [0.5, 0.6) is 11.5 Å². The van der Waals surface area contributed by atoms with Crippen LogP contribution in [-0.4, -0.2) is 13.7 Å². The van der Waals surface area contributed by atoms with Gasteiger partial charge in [-0.3, -0.25) is 0 Å². The molecule has 0 aliphatic carbocycles. The highest BCUT2D eigenvalue weighted by Gasteiger charge is 2.05. The number of ether oxygens (including phenoxy) is 2. The lowest BCUT2D eigenvalue weighted by atomic mass is 10.2. The molecule has 0 bridgehead atoms. The van der Waals surface area contributed by atoms with E-state index < -0.39 is 0 Å². The Morgan fingerprint density at radius 1 is 1.26 bits per heavy atom. The van der Waals surface area contributed by atoms with Gasteiger partial charge >= 0.3 is 0 Å². The van der Waals surface area contributed by atoms with Gasteiger partial charge in [0.2, 0.25) is 0 Å². The smallest absolute Gasteiger partial charge is 0.162 e. The molecule has 0 unspecified atom stereocenters. The van der Waals surface area contributed by atoms with Crippen LogP contribution in [0.3, 0.4) is 0 Å². The zero-order valence-corrected chi connectivity index (χ0v) is 12.5. The fourth-order valence-electron chi connectivity index (χ4n) is 1.69. The summed E-state index contributed by atoms with van der Waals surface area (Å²) in [4.78, 5) is 1.19. The van der Waals surface area contributed by atoms with Crippen LogP contribution >= 0.6 is 22.9 Å². The maximum atomic E-state index is 5.89. The first-order valence-electron chi connectivity index (χ1n) is 6.00. The molecule has 0 amide bonds. The highest BCUT2D eigenvalue weighted by molar-refractivity contribution is 7.10. The Bertz CT molecular complexity index is 542. The standard InChI is InChI=1S/C14H16ClNO2S/c1-3-18-13-5-4-11(7-14(13)17-2)16-8-12-6-10(15)9-19-12/h4-7,9,16H,3,8H2,1-2H3. The minimum absolute atomic E-state index is 0.622. The third-order valence-corrected chi connectivity index (χ3v) is 3.84. The molecule has 0 saturated carbocycles. The quantitative estimate of drug-likeness (QED) is 0.856. The van der Waals surface area contributed by atoms with E-state index in [0.717, 1.165) is 28.8 Å². The summed E-state index contributed by atoms with van der Waals surface area (Å²) < 4.78 is 10.8. The number of hydrogen-bond donors (Lipinski definition) is 1. The van der Waals surface area contributed by atoms with Crippen LogP contribution in [0, 0.1) is 0 Å². The summed E-state index contributed by atoms with van der Waals surface area (Å²) >= 11 is 7.53. The van der Waals surface area contributed by atoms with Gasteiger partial charge < -0.3 is 14.8 Å². The lowest BCUT2D eigenvalue weighted by Gasteiger charge is -2.11. The van der Waals surface area contributed by atoms with Crippen molar-refractivity contribution in [2.75, 3.05) is 19.0 Å². The average Bonchev–Trinajstić information content (AvgIpc) is 2.83. The Labute approximate surface area is 122 Å². The van der Waals surface area contributed by atoms with Gasteiger partial charge in [0, 0.05) is 28.6 Å². The first kappa shape index (κ1) is 14.0. The second-order valence-corrected chi connectivity index (χ2v) is 5.32. The molecule has 2 aromatic rings. The summed E-state index contributed by atoms with van der Waals surface area (Å²) in [6, 6.07) is 7.78. The molecule has 1 aromatic heterocycles. The molecule has 0 radical (unpaired) electrons. The predicted molar refractivity (Wildman–Crippen MR) is 80.8 cm³/mol. The van der Waals surface area contributed by atoms with E-state index in [1.54, 1.807) is 18.4 Å². The van der Waals surface area contributed by atoms with Crippen molar-refractivity contribution in [2.45, 2.75) is 13.5 Å². The molecule has 0 atom stereocenters. The molecule has 19 heavy (non-hydrogen) atoms. The van der Waals surface area contributed by atoms with Gasteiger partial charge in [0.1, 0.15) is 0 Å². The van der Waals surface area contributed by atoms with Gasteiger partial charge in [-0.15, -0.1) is 11.3 Å². The molecule has 0 fully saturated rings. The van der Waals surface area contributed by atoms with Crippen molar-refractivity contribution in [2.24, 2.45) is 0 Å². The van der Waals surface area contributed by atoms with Crippen molar-refractivity contribution in [3.05, 3.63) is 39.5 Å². The second-order valence-electron chi connectivity index (χ2n) is 3.88. The van der Waals surface area contributed by atoms with E-state index in [4.69, 9.17) is 21.1 Å². The molecule has 1 heterocycles. The number of methoxy groups -OCH3 is 1. The van der Waals surface area contributed by atoms with Crippen LogP contribution in [0.2, 0.25) is 5.02 Å². The van der Waals surface area contributed by atoms with Crippen molar-refractivity contribution in [1.82, 2.24) is 0 Å². The lowest BCUT2D eigenvalue weighted by Crippen LogP contribution is -1.99. The maximum Gasteiger partial charge on any atom is 0.162 e. The molecule has 0 spiro atoms. The molecule has 102 valence electrons. The van der Waals surface area contributed by atoms with Crippen LogP contribution in [0.15, 0.2) is 29.6 Å². The SMILES string of the molecule is CCOc1ccc(NCc2cc(Cl)cs2)cc1OC. The minimum Gasteiger partial charge on any atom is -0.493 e. The molecule has 5 heteroatoms. The van der Waals surface area contributed by atoms with E-state index in [2.05, 4.69) is 5.32 Å². The number of thiophene rings is 1. The topological polar surface area (TPSA) is 30.5 Å². The lowest BCUT2D eigenvalue weighted by molar-refractivity contribution is 0.311. The van der Waals surface area contributed by atoms with Crippen LogP contribution in [0.4, 0.5) is 5.69 Å². The highest BCUT2D eigenvalue weighted by atomic mass is 35.5. The molecule has 0 aliphatic heterocycles. The Kier molecular flexibility index (Phi) is 4.93.